The molecule has 1 saturated heterocycles. The molecule has 0 aliphatic carbocycles. The second kappa shape index (κ2) is 10.1. The first-order valence-corrected chi connectivity index (χ1v) is 10.4. The van der Waals surface area contributed by atoms with Crippen LogP contribution in [0.15, 0.2) is 42.6 Å². The van der Waals surface area contributed by atoms with Crippen LogP contribution in [0, 0.1) is 6.92 Å². The van der Waals surface area contributed by atoms with Gasteiger partial charge in [-0.05, 0) is 24.6 Å². The van der Waals surface area contributed by atoms with Gasteiger partial charge in [-0.2, -0.15) is 0 Å². The molecule has 0 atom stereocenters. The predicted octanol–water partition coefficient (Wildman–Crippen LogP) is 2.20. The Morgan fingerprint density at radius 1 is 1.00 bits per heavy atom. The van der Waals surface area contributed by atoms with Gasteiger partial charge in [0.1, 0.15) is 5.82 Å². The molecule has 0 spiro atoms. The lowest BCUT2D eigenvalue weighted by molar-refractivity contribution is -0.131. The highest BCUT2D eigenvalue weighted by molar-refractivity contribution is 5.83. The van der Waals surface area contributed by atoms with E-state index in [2.05, 4.69) is 51.3 Å². The molecular formula is C23H31N5O2. The van der Waals surface area contributed by atoms with Gasteiger partial charge in [-0.15, -0.1) is 0 Å². The number of aromatic nitrogens is 1. The monoisotopic (exact) mass is 409 g/mol. The van der Waals surface area contributed by atoms with Crippen molar-refractivity contribution < 1.29 is 9.59 Å². The van der Waals surface area contributed by atoms with E-state index in [1.807, 2.05) is 12.1 Å². The van der Waals surface area contributed by atoms with Crippen LogP contribution < -0.4 is 15.1 Å². The fourth-order valence-electron chi connectivity index (χ4n) is 3.66. The van der Waals surface area contributed by atoms with Gasteiger partial charge in [0.05, 0.1) is 0 Å². The summed E-state index contributed by atoms with van der Waals surface area (Å²) in [6, 6.07) is 12.4. The number of aryl methyl sites for hydroxylation is 1. The highest BCUT2D eigenvalue weighted by atomic mass is 16.2. The Morgan fingerprint density at radius 3 is 2.40 bits per heavy atom. The van der Waals surface area contributed by atoms with Crippen LogP contribution in [0.4, 0.5) is 11.5 Å². The van der Waals surface area contributed by atoms with Gasteiger partial charge in [-0.3, -0.25) is 9.59 Å². The number of nitrogens with one attached hydrogen (secondary N) is 1. The van der Waals surface area contributed by atoms with Crippen LogP contribution in [0.5, 0.6) is 0 Å². The van der Waals surface area contributed by atoms with E-state index in [0.29, 0.717) is 6.54 Å². The highest BCUT2D eigenvalue weighted by Gasteiger charge is 2.21. The summed E-state index contributed by atoms with van der Waals surface area (Å²) < 4.78 is 0. The first-order chi connectivity index (χ1) is 14.5. The fraction of sp³-hybridized carbons (Fsp3) is 0.435. The number of nitrogens with zero attached hydrogens (tertiary/aromatic N) is 4. The number of pyridine rings is 1. The van der Waals surface area contributed by atoms with E-state index in [0.717, 1.165) is 37.6 Å². The molecule has 2 heterocycles. The SMILES string of the molecule is Cc1ccccc1N1CCN(c2ncccc2CNC(=O)CCC(=O)N(C)C)CC1. The van der Waals surface area contributed by atoms with Crippen molar-refractivity contribution in [1.29, 1.82) is 0 Å². The summed E-state index contributed by atoms with van der Waals surface area (Å²) in [5, 5.41) is 2.93. The average molecular weight is 410 g/mol. The van der Waals surface area contributed by atoms with Gasteiger partial charge in [-0.1, -0.05) is 24.3 Å². The van der Waals surface area contributed by atoms with E-state index in [1.54, 1.807) is 20.3 Å². The standard InChI is InChI=1S/C23H31N5O2/c1-18-7-4-5-9-20(18)27-13-15-28(16-14-27)23-19(8-6-12-24-23)17-25-21(29)10-11-22(30)26(2)3/h4-9,12H,10-11,13-17H2,1-3H3,(H,25,29). The molecule has 1 aliphatic rings. The molecule has 7 nitrogen and oxygen atoms in total. The van der Waals surface area contributed by atoms with Gasteiger partial charge >= 0.3 is 0 Å². The smallest absolute Gasteiger partial charge is 0.222 e. The van der Waals surface area contributed by atoms with Gasteiger partial charge in [-0.25, -0.2) is 4.98 Å². The lowest BCUT2D eigenvalue weighted by Gasteiger charge is -2.38. The number of carbonyl (C=O) groups excluding carboxylic acids is 2. The third-order valence-corrected chi connectivity index (χ3v) is 5.44. The summed E-state index contributed by atoms with van der Waals surface area (Å²) in [7, 11) is 3.39. The Labute approximate surface area is 178 Å². The molecule has 2 aromatic rings. The maximum atomic E-state index is 12.1. The van der Waals surface area contributed by atoms with Crippen molar-refractivity contribution in [2.75, 3.05) is 50.1 Å². The molecule has 3 rings (SSSR count). The molecule has 7 heteroatoms. The summed E-state index contributed by atoms with van der Waals surface area (Å²) in [5.41, 5.74) is 3.58. The lowest BCUT2D eigenvalue weighted by Crippen LogP contribution is -2.47. The molecule has 0 saturated carbocycles. The Kier molecular flexibility index (Phi) is 7.27. The predicted molar refractivity (Wildman–Crippen MR) is 120 cm³/mol. The summed E-state index contributed by atoms with van der Waals surface area (Å²) in [6.45, 7) is 6.18. The first kappa shape index (κ1) is 21.6. The topological polar surface area (TPSA) is 68.8 Å². The van der Waals surface area contributed by atoms with E-state index in [1.165, 1.54) is 16.2 Å². The summed E-state index contributed by atoms with van der Waals surface area (Å²) in [4.78, 5) is 34.6. The molecule has 1 aromatic carbocycles. The van der Waals surface area contributed by atoms with Gasteiger partial charge in [0.25, 0.3) is 0 Å². The minimum Gasteiger partial charge on any atom is -0.368 e. The minimum absolute atomic E-state index is 0.0428. The zero-order valence-corrected chi connectivity index (χ0v) is 18.1. The van der Waals surface area contributed by atoms with Crippen molar-refractivity contribution in [2.24, 2.45) is 0 Å². The van der Waals surface area contributed by atoms with Crippen molar-refractivity contribution in [1.82, 2.24) is 15.2 Å². The molecule has 1 aromatic heterocycles. The highest BCUT2D eigenvalue weighted by Crippen LogP contribution is 2.24. The molecule has 0 unspecified atom stereocenters. The lowest BCUT2D eigenvalue weighted by atomic mass is 10.1. The van der Waals surface area contributed by atoms with Crippen LogP contribution in [0.25, 0.3) is 0 Å². The van der Waals surface area contributed by atoms with Crippen molar-refractivity contribution in [2.45, 2.75) is 26.3 Å². The summed E-state index contributed by atoms with van der Waals surface area (Å²) in [5.74, 6) is 0.759. The molecule has 1 fully saturated rings. The number of hydrogen-bond donors (Lipinski definition) is 1. The minimum atomic E-state index is -0.121. The Balaban J connectivity index is 1.56. The molecule has 0 bridgehead atoms. The van der Waals surface area contributed by atoms with E-state index < -0.39 is 0 Å². The number of anilines is 2. The van der Waals surface area contributed by atoms with Gasteiger partial charge in [0, 0.05) is 77.1 Å². The number of piperazine rings is 1. The number of carbonyl (C=O) groups is 2. The Hall–Kier alpha value is -3.09. The van der Waals surface area contributed by atoms with Crippen LogP contribution >= 0.6 is 0 Å². The van der Waals surface area contributed by atoms with E-state index >= 15 is 0 Å². The zero-order valence-electron chi connectivity index (χ0n) is 18.1. The molecule has 1 aliphatic heterocycles. The van der Waals surface area contributed by atoms with Crippen molar-refractivity contribution in [3.63, 3.8) is 0 Å². The second-order valence-electron chi connectivity index (χ2n) is 7.81. The van der Waals surface area contributed by atoms with Crippen molar-refractivity contribution >= 4 is 23.3 Å². The Morgan fingerprint density at radius 2 is 1.70 bits per heavy atom. The van der Waals surface area contributed by atoms with Gasteiger partial charge in [0.15, 0.2) is 0 Å². The summed E-state index contributed by atoms with van der Waals surface area (Å²) in [6.07, 6.45) is 2.21. The molecule has 2 amide bonds. The van der Waals surface area contributed by atoms with E-state index in [4.69, 9.17) is 0 Å². The van der Waals surface area contributed by atoms with Gasteiger partial charge < -0.3 is 20.0 Å². The maximum absolute atomic E-state index is 12.1. The van der Waals surface area contributed by atoms with Crippen LogP contribution in [-0.2, 0) is 16.1 Å². The van der Waals surface area contributed by atoms with Crippen LogP contribution in [0.2, 0.25) is 0 Å². The van der Waals surface area contributed by atoms with Crippen LogP contribution in [0.3, 0.4) is 0 Å². The molecular weight excluding hydrogens is 378 g/mol. The van der Waals surface area contributed by atoms with E-state index in [9.17, 15) is 9.59 Å². The van der Waals surface area contributed by atoms with Crippen molar-refractivity contribution in [3.05, 3.63) is 53.7 Å². The van der Waals surface area contributed by atoms with Crippen LogP contribution in [0.1, 0.15) is 24.0 Å². The quantitative estimate of drug-likeness (QED) is 0.759. The normalized spacial score (nSPS) is 13.8. The molecule has 30 heavy (non-hydrogen) atoms. The second-order valence-corrected chi connectivity index (χ2v) is 7.81. The molecule has 0 radical (unpaired) electrons. The fourth-order valence-corrected chi connectivity index (χ4v) is 3.66. The largest absolute Gasteiger partial charge is 0.368 e. The maximum Gasteiger partial charge on any atom is 0.222 e. The van der Waals surface area contributed by atoms with Crippen molar-refractivity contribution in [3.8, 4) is 0 Å². The number of benzene rings is 1. The number of hydrogen-bond acceptors (Lipinski definition) is 5. The number of para-hydroxylation sites is 1. The van der Waals surface area contributed by atoms with Gasteiger partial charge in [0.2, 0.25) is 11.8 Å². The molecule has 1 N–H and O–H groups in total. The number of amides is 2. The van der Waals surface area contributed by atoms with Crippen LogP contribution in [-0.4, -0.2) is 62.0 Å². The third kappa shape index (κ3) is 5.49. The molecule has 160 valence electrons. The number of rotatable bonds is 7. The zero-order chi connectivity index (χ0) is 21.5. The average Bonchev–Trinajstić information content (AvgIpc) is 2.76. The summed E-state index contributed by atoms with van der Waals surface area (Å²) >= 11 is 0. The van der Waals surface area contributed by atoms with E-state index in [-0.39, 0.29) is 24.7 Å². The Bertz CT molecular complexity index is 875. The third-order valence-electron chi connectivity index (χ3n) is 5.44. The first-order valence-electron chi connectivity index (χ1n) is 10.4.